The maximum atomic E-state index is 14.3. The standard InChI is InChI=1S/C55H50N8O6/c1-27-36-26-41(62(47(27)36)52(64)45(60-54(66)68-2)28-10-6-4-7-11-28)50-56-37-20-18-34(24-39(37)58-50)32-16-14-31-23-33(17-15-30(31)22-32)35-19-21-38-40(25-35)59-51(57-38)49-44-42-43(44)48(42)63(49)53(65)46(61-55(67)69-3)29-12-8-5-9-13-29/h4-25,27,36,41-49,52,64H,26H2,1-3H3,(H,56,58)(H,57,59)(H,60,66)(H,61,67)/t27-,36+,41+,42-,43?,44?,45-,46+,47-,48?,49+,52?/m1/s1. The molecule has 2 aromatic heterocycles. The highest BCUT2D eigenvalue weighted by molar-refractivity contribution is 5.93. The largest absolute Gasteiger partial charge is 0.453 e. The topological polar surface area (TPSA) is 178 Å². The number of aromatic amines is 2. The Morgan fingerprint density at radius 1 is 0.652 bits per heavy atom. The van der Waals surface area contributed by atoms with Gasteiger partial charge in [-0.3, -0.25) is 9.69 Å². The lowest BCUT2D eigenvalue weighted by Crippen LogP contribution is -2.48. The summed E-state index contributed by atoms with van der Waals surface area (Å²) in [6.45, 7) is 2.22. The van der Waals surface area contributed by atoms with E-state index in [-0.39, 0.29) is 30.1 Å². The molecule has 3 saturated heterocycles. The van der Waals surface area contributed by atoms with Crippen molar-refractivity contribution in [2.75, 3.05) is 14.2 Å². The predicted molar refractivity (Wildman–Crippen MR) is 259 cm³/mol. The molecule has 0 radical (unpaired) electrons. The molecule has 3 aliphatic heterocycles. The van der Waals surface area contributed by atoms with Gasteiger partial charge in [-0.15, -0.1) is 0 Å². The first-order valence-corrected chi connectivity index (χ1v) is 23.8. The van der Waals surface area contributed by atoms with Gasteiger partial charge in [0.15, 0.2) is 0 Å². The number of fused-ring (bicyclic) bond motifs is 5. The number of nitrogens with zero attached hydrogens (tertiary/aromatic N) is 4. The predicted octanol–water partition coefficient (Wildman–Crippen LogP) is 8.95. The lowest BCUT2D eigenvalue weighted by molar-refractivity contribution is -0.135. The Morgan fingerprint density at radius 3 is 1.80 bits per heavy atom. The minimum Gasteiger partial charge on any atom is -0.453 e. The zero-order valence-corrected chi connectivity index (χ0v) is 38.1. The molecule has 6 aliphatic rings. The molecule has 69 heavy (non-hydrogen) atoms. The summed E-state index contributed by atoms with van der Waals surface area (Å²) in [5, 5.41) is 20.0. The number of rotatable bonds is 11. The molecule has 8 aromatic rings. The number of piperidine rings is 2. The van der Waals surface area contributed by atoms with E-state index >= 15 is 0 Å². The number of aromatic nitrogens is 4. The summed E-state index contributed by atoms with van der Waals surface area (Å²) in [4.78, 5) is 60.7. The minimum atomic E-state index is -1.00. The average Bonchev–Trinajstić information content (AvgIpc) is 4.10. The number of imidazole rings is 2. The Bertz CT molecular complexity index is 3350. The number of methoxy groups -OCH3 is 2. The van der Waals surface area contributed by atoms with E-state index in [2.05, 4.69) is 99.2 Å². The van der Waals surface area contributed by atoms with E-state index in [4.69, 9.17) is 19.4 Å². The van der Waals surface area contributed by atoms with Crippen LogP contribution in [0.25, 0.3) is 55.1 Å². The van der Waals surface area contributed by atoms with Crippen LogP contribution in [0, 0.1) is 29.6 Å². The molecule has 12 atom stereocenters. The highest BCUT2D eigenvalue weighted by Gasteiger charge is 2.86. The maximum Gasteiger partial charge on any atom is 0.407 e. The van der Waals surface area contributed by atoms with E-state index in [9.17, 15) is 19.5 Å². The molecule has 5 heterocycles. The van der Waals surface area contributed by atoms with Crippen molar-refractivity contribution in [1.29, 1.82) is 0 Å². The molecule has 0 spiro atoms. The lowest BCUT2D eigenvalue weighted by Gasteiger charge is -2.36. The van der Waals surface area contributed by atoms with Gasteiger partial charge < -0.3 is 40.1 Å². The molecule has 5 N–H and O–H groups in total. The molecule has 3 amide bonds. The molecule has 6 aromatic carbocycles. The van der Waals surface area contributed by atoms with Gasteiger partial charge in [-0.1, -0.05) is 104 Å². The van der Waals surface area contributed by atoms with E-state index in [1.54, 1.807) is 0 Å². The number of H-pyrrole nitrogens is 2. The van der Waals surface area contributed by atoms with Gasteiger partial charge in [-0.05, 0) is 117 Å². The molecule has 2 bridgehead atoms. The van der Waals surface area contributed by atoms with Gasteiger partial charge in [0.25, 0.3) is 5.91 Å². The highest BCUT2D eigenvalue weighted by Crippen LogP contribution is 2.81. The Kier molecular flexibility index (Phi) is 9.50. The second-order valence-electron chi connectivity index (χ2n) is 19.5. The summed E-state index contributed by atoms with van der Waals surface area (Å²) in [6.07, 6.45) is -1.39. The molecular formula is C55H50N8O6. The summed E-state index contributed by atoms with van der Waals surface area (Å²) in [6, 6.07) is 42.9. The van der Waals surface area contributed by atoms with Crippen LogP contribution >= 0.6 is 0 Å². The third-order valence-electron chi connectivity index (χ3n) is 15.9. The Labute approximate surface area is 397 Å². The first-order chi connectivity index (χ1) is 33.7. The van der Waals surface area contributed by atoms with Crippen molar-refractivity contribution >= 4 is 50.9 Å². The fraction of sp³-hybridized carbons (Fsp3) is 0.291. The fourth-order valence-corrected chi connectivity index (χ4v) is 12.3. The summed E-state index contributed by atoms with van der Waals surface area (Å²) in [5.74, 6) is 3.63. The van der Waals surface area contributed by atoms with E-state index < -0.39 is 30.5 Å². The summed E-state index contributed by atoms with van der Waals surface area (Å²) >= 11 is 0. The van der Waals surface area contributed by atoms with Gasteiger partial charge in [0.2, 0.25) is 0 Å². The van der Waals surface area contributed by atoms with Crippen LogP contribution in [0.1, 0.15) is 60.3 Å². The number of carbonyl (C=O) groups excluding carboxylic acids is 3. The SMILES string of the molecule is COC(=O)N[C@H](C(=O)N1C2C3C([C@@H]32)[C@H]1c1nc2ccc(-c3ccc4cc(-c5ccc6nc([C@@H]7C[C@H]8[C@@H](C)[C@H]8N7C(O)[C@H](NC(=O)OC)c7ccccc7)[nH]c6c5)ccc4c3)cc2[nH]1)c1ccccc1. The number of ether oxygens (including phenoxy) is 2. The number of benzene rings is 6. The van der Waals surface area contributed by atoms with E-state index in [0.29, 0.717) is 35.2 Å². The molecule has 14 nitrogen and oxygen atoms in total. The van der Waals surface area contributed by atoms with Crippen LogP contribution in [0.4, 0.5) is 9.59 Å². The van der Waals surface area contributed by atoms with Gasteiger partial charge in [-0.2, -0.15) is 0 Å². The lowest BCUT2D eigenvalue weighted by atomic mass is 9.97. The van der Waals surface area contributed by atoms with Gasteiger partial charge >= 0.3 is 12.2 Å². The number of aliphatic hydroxyl groups is 1. The molecule has 6 fully saturated rings. The summed E-state index contributed by atoms with van der Waals surface area (Å²) in [5.41, 5.74) is 9.31. The monoisotopic (exact) mass is 918 g/mol. The zero-order valence-electron chi connectivity index (χ0n) is 38.1. The first kappa shape index (κ1) is 41.6. The van der Waals surface area contributed by atoms with Crippen LogP contribution in [0.5, 0.6) is 0 Å². The Balaban J connectivity index is 0.741. The van der Waals surface area contributed by atoms with Crippen molar-refractivity contribution in [3.05, 3.63) is 156 Å². The van der Waals surface area contributed by atoms with E-state index in [1.165, 1.54) is 14.2 Å². The number of aliphatic hydroxyl groups excluding tert-OH is 1. The molecular weight excluding hydrogens is 869 g/mol. The van der Waals surface area contributed by atoms with Crippen LogP contribution in [0.3, 0.4) is 0 Å². The van der Waals surface area contributed by atoms with Crippen molar-refractivity contribution < 1.29 is 29.0 Å². The number of carbonyl (C=O) groups is 3. The van der Waals surface area contributed by atoms with Gasteiger partial charge in [0.1, 0.15) is 23.9 Å². The number of hydrogen-bond donors (Lipinski definition) is 5. The number of hydrogen-bond acceptors (Lipinski definition) is 9. The van der Waals surface area contributed by atoms with Crippen molar-refractivity contribution in [3.8, 4) is 22.3 Å². The molecule has 4 unspecified atom stereocenters. The molecule has 14 rings (SSSR count). The van der Waals surface area contributed by atoms with Crippen molar-refractivity contribution in [2.24, 2.45) is 29.6 Å². The van der Waals surface area contributed by atoms with Crippen LogP contribution in [-0.2, 0) is 14.3 Å². The molecule has 3 saturated carbocycles. The first-order valence-electron chi connectivity index (χ1n) is 23.8. The number of likely N-dealkylation sites (tertiary alicyclic amines) is 1. The quantitative estimate of drug-likeness (QED) is 0.0848. The smallest absolute Gasteiger partial charge is 0.407 e. The van der Waals surface area contributed by atoms with Crippen molar-refractivity contribution in [1.82, 2.24) is 40.4 Å². The zero-order chi connectivity index (χ0) is 46.8. The van der Waals surface area contributed by atoms with Crippen LogP contribution < -0.4 is 10.6 Å². The highest BCUT2D eigenvalue weighted by atomic mass is 16.5. The third-order valence-corrected chi connectivity index (χ3v) is 15.9. The maximum absolute atomic E-state index is 14.3. The van der Waals surface area contributed by atoms with Crippen LogP contribution in [-0.4, -0.2) is 85.5 Å². The van der Waals surface area contributed by atoms with Gasteiger partial charge in [0, 0.05) is 12.1 Å². The number of nitrogens with one attached hydrogen (secondary N) is 4. The number of amides is 3. The van der Waals surface area contributed by atoms with E-state index in [1.807, 2.05) is 71.6 Å². The third kappa shape index (κ3) is 6.79. The molecule has 3 aliphatic carbocycles. The molecule has 14 heteroatoms. The Morgan fingerprint density at radius 2 is 1.19 bits per heavy atom. The van der Waals surface area contributed by atoms with Crippen molar-refractivity contribution in [3.63, 3.8) is 0 Å². The van der Waals surface area contributed by atoms with E-state index in [0.717, 1.165) is 78.7 Å². The van der Waals surface area contributed by atoms with Gasteiger partial charge in [-0.25, -0.2) is 19.6 Å². The van der Waals surface area contributed by atoms with Gasteiger partial charge in [0.05, 0.1) is 54.4 Å². The van der Waals surface area contributed by atoms with Crippen molar-refractivity contribution in [2.45, 2.75) is 55.8 Å². The number of alkyl carbamates (subject to hydrolysis) is 2. The van der Waals surface area contributed by atoms with Crippen LogP contribution in [0.2, 0.25) is 0 Å². The summed E-state index contributed by atoms with van der Waals surface area (Å²) < 4.78 is 9.87. The minimum absolute atomic E-state index is 0.147. The fourth-order valence-electron chi connectivity index (χ4n) is 12.3. The second kappa shape index (κ2) is 15.8. The normalized spacial score (nSPS) is 26.3. The van der Waals surface area contributed by atoms with Crippen LogP contribution in [0.15, 0.2) is 133 Å². The molecule has 346 valence electrons. The summed E-state index contributed by atoms with van der Waals surface area (Å²) in [7, 11) is 2.63. The average molecular weight is 919 g/mol. The Hall–Kier alpha value is -7.55. The second-order valence-corrected chi connectivity index (χ2v) is 19.5.